The smallest absolute Gasteiger partial charge is 0.248 e. The molecule has 0 radical (unpaired) electrons. The maximum absolute atomic E-state index is 12.2. The summed E-state index contributed by atoms with van der Waals surface area (Å²) in [6.45, 7) is 0. The summed E-state index contributed by atoms with van der Waals surface area (Å²) in [5.41, 5.74) is 4.26. The Labute approximate surface area is 159 Å². The number of nitrogens with one attached hydrogen (secondary N) is 2. The van der Waals surface area contributed by atoms with E-state index >= 15 is 0 Å². The lowest BCUT2D eigenvalue weighted by molar-refractivity contribution is -0.111. The van der Waals surface area contributed by atoms with Gasteiger partial charge in [-0.3, -0.25) is 4.79 Å². The SMILES string of the molecule is O=C(/C=C/c1ccc(S(=O)(=O)NC2CC2)cc1)Nc1ccc2c(c1)CCC2. The Morgan fingerprint density at radius 2 is 1.74 bits per heavy atom. The van der Waals surface area contributed by atoms with Crippen molar-refractivity contribution in [2.24, 2.45) is 0 Å². The standard InChI is InChI=1S/C21H22N2O3S/c24-21(22-19-8-7-16-2-1-3-17(16)14-19)13-6-15-4-11-20(12-5-15)27(25,26)23-18-9-10-18/h4-8,11-14,18,23H,1-3,9-10H2,(H,22,24)/b13-6+. The number of sulfonamides is 1. The molecule has 0 aromatic heterocycles. The minimum Gasteiger partial charge on any atom is -0.323 e. The van der Waals surface area contributed by atoms with Crippen molar-refractivity contribution < 1.29 is 13.2 Å². The van der Waals surface area contributed by atoms with Gasteiger partial charge in [0.05, 0.1) is 4.90 Å². The minimum atomic E-state index is -3.44. The molecule has 6 heteroatoms. The monoisotopic (exact) mass is 382 g/mol. The first-order valence-corrected chi connectivity index (χ1v) is 10.7. The van der Waals surface area contributed by atoms with Crippen molar-refractivity contribution in [3.05, 3.63) is 65.2 Å². The fourth-order valence-corrected chi connectivity index (χ4v) is 4.56. The highest BCUT2D eigenvalue weighted by atomic mass is 32.2. The van der Waals surface area contributed by atoms with E-state index in [9.17, 15) is 13.2 Å². The average molecular weight is 382 g/mol. The lowest BCUT2D eigenvalue weighted by Gasteiger charge is -2.06. The van der Waals surface area contributed by atoms with Gasteiger partial charge in [0.2, 0.25) is 15.9 Å². The Kier molecular flexibility index (Phi) is 4.85. The van der Waals surface area contributed by atoms with Crippen LogP contribution in [0.1, 0.15) is 36.0 Å². The van der Waals surface area contributed by atoms with Gasteiger partial charge in [0.1, 0.15) is 0 Å². The van der Waals surface area contributed by atoms with E-state index in [1.807, 2.05) is 12.1 Å². The molecule has 0 unspecified atom stereocenters. The maximum atomic E-state index is 12.2. The molecular weight excluding hydrogens is 360 g/mol. The molecular formula is C21H22N2O3S. The van der Waals surface area contributed by atoms with Gasteiger partial charge in [-0.2, -0.15) is 0 Å². The van der Waals surface area contributed by atoms with Crippen LogP contribution in [0.3, 0.4) is 0 Å². The van der Waals surface area contributed by atoms with Gasteiger partial charge >= 0.3 is 0 Å². The lowest BCUT2D eigenvalue weighted by Crippen LogP contribution is -2.25. The molecule has 0 aliphatic heterocycles. The molecule has 27 heavy (non-hydrogen) atoms. The third-order valence-corrected chi connectivity index (χ3v) is 6.42. The zero-order valence-corrected chi connectivity index (χ0v) is 15.8. The third kappa shape index (κ3) is 4.46. The normalized spacial score (nSPS) is 16.4. The van der Waals surface area contributed by atoms with E-state index in [2.05, 4.69) is 16.1 Å². The highest BCUT2D eigenvalue weighted by Crippen LogP contribution is 2.25. The number of carbonyl (C=O) groups is 1. The first-order valence-electron chi connectivity index (χ1n) is 9.23. The van der Waals surface area contributed by atoms with Crippen molar-refractivity contribution in [2.75, 3.05) is 5.32 Å². The highest BCUT2D eigenvalue weighted by Gasteiger charge is 2.27. The Bertz CT molecular complexity index is 991. The molecule has 1 amide bonds. The molecule has 0 heterocycles. The van der Waals surface area contributed by atoms with Crippen molar-refractivity contribution in [3.63, 3.8) is 0 Å². The fraction of sp³-hybridized carbons (Fsp3) is 0.286. The van der Waals surface area contributed by atoms with Crippen LogP contribution in [-0.4, -0.2) is 20.4 Å². The molecule has 1 fully saturated rings. The van der Waals surface area contributed by atoms with Gasteiger partial charge in [-0.15, -0.1) is 0 Å². The minimum absolute atomic E-state index is 0.0810. The predicted octanol–water partition coefficient (Wildman–Crippen LogP) is 3.27. The summed E-state index contributed by atoms with van der Waals surface area (Å²) >= 11 is 0. The van der Waals surface area contributed by atoms with Crippen LogP contribution in [0.4, 0.5) is 5.69 Å². The quantitative estimate of drug-likeness (QED) is 0.753. The fourth-order valence-electron chi connectivity index (χ4n) is 3.25. The van der Waals surface area contributed by atoms with E-state index in [0.29, 0.717) is 0 Å². The Morgan fingerprint density at radius 3 is 2.48 bits per heavy atom. The molecule has 0 spiro atoms. The van der Waals surface area contributed by atoms with Gasteiger partial charge in [0.25, 0.3) is 0 Å². The van der Waals surface area contributed by atoms with E-state index in [4.69, 9.17) is 0 Å². The van der Waals surface area contributed by atoms with Crippen molar-refractivity contribution in [3.8, 4) is 0 Å². The number of benzene rings is 2. The number of anilines is 1. The molecule has 4 rings (SSSR count). The number of hydrogen-bond acceptors (Lipinski definition) is 3. The van der Waals surface area contributed by atoms with Crippen LogP contribution < -0.4 is 10.0 Å². The van der Waals surface area contributed by atoms with Crippen LogP contribution in [0.25, 0.3) is 6.08 Å². The highest BCUT2D eigenvalue weighted by molar-refractivity contribution is 7.89. The Hall–Kier alpha value is -2.44. The largest absolute Gasteiger partial charge is 0.323 e. The molecule has 0 bridgehead atoms. The molecule has 0 atom stereocenters. The zero-order chi connectivity index (χ0) is 18.9. The summed E-state index contributed by atoms with van der Waals surface area (Å²) in [6, 6.07) is 12.6. The summed E-state index contributed by atoms with van der Waals surface area (Å²) in [5, 5.41) is 2.87. The molecule has 1 saturated carbocycles. The summed E-state index contributed by atoms with van der Waals surface area (Å²) in [6.07, 6.45) is 8.30. The van der Waals surface area contributed by atoms with Gasteiger partial charge in [-0.1, -0.05) is 18.2 Å². The molecule has 2 aliphatic rings. The third-order valence-electron chi connectivity index (χ3n) is 4.88. The van der Waals surface area contributed by atoms with Crippen LogP contribution in [0.2, 0.25) is 0 Å². The van der Waals surface area contributed by atoms with Gasteiger partial charge in [0.15, 0.2) is 0 Å². The first-order chi connectivity index (χ1) is 13.0. The molecule has 2 N–H and O–H groups in total. The van der Waals surface area contributed by atoms with Crippen molar-refractivity contribution >= 4 is 27.7 Å². The van der Waals surface area contributed by atoms with Gasteiger partial charge < -0.3 is 5.32 Å². The Balaban J connectivity index is 1.38. The second kappa shape index (κ2) is 7.29. The van der Waals surface area contributed by atoms with Gasteiger partial charge in [0, 0.05) is 17.8 Å². The second-order valence-electron chi connectivity index (χ2n) is 7.12. The van der Waals surface area contributed by atoms with Crippen LogP contribution >= 0.6 is 0 Å². The van der Waals surface area contributed by atoms with Crippen LogP contribution in [0, 0.1) is 0 Å². The summed E-state index contributed by atoms with van der Waals surface area (Å²) in [4.78, 5) is 12.4. The van der Waals surface area contributed by atoms with Gasteiger partial charge in [-0.05, 0) is 79.1 Å². The van der Waals surface area contributed by atoms with E-state index in [0.717, 1.165) is 36.9 Å². The van der Waals surface area contributed by atoms with Crippen molar-refractivity contribution in [1.82, 2.24) is 4.72 Å². The first kappa shape index (κ1) is 17.9. The van der Waals surface area contributed by atoms with E-state index in [1.54, 1.807) is 30.3 Å². The topological polar surface area (TPSA) is 75.3 Å². The number of amides is 1. The summed E-state index contributed by atoms with van der Waals surface area (Å²) in [7, 11) is -3.44. The predicted molar refractivity (Wildman–Crippen MR) is 106 cm³/mol. The number of rotatable bonds is 6. The van der Waals surface area contributed by atoms with Crippen molar-refractivity contribution in [2.45, 2.75) is 43.0 Å². The van der Waals surface area contributed by atoms with Crippen LogP contribution in [0.5, 0.6) is 0 Å². The van der Waals surface area contributed by atoms with Crippen LogP contribution in [-0.2, 0) is 27.7 Å². The van der Waals surface area contributed by atoms with E-state index in [1.165, 1.54) is 23.6 Å². The van der Waals surface area contributed by atoms with E-state index in [-0.39, 0.29) is 16.8 Å². The number of hydrogen-bond donors (Lipinski definition) is 2. The average Bonchev–Trinajstić information content (AvgIpc) is 3.32. The van der Waals surface area contributed by atoms with Crippen LogP contribution in [0.15, 0.2) is 53.4 Å². The number of fused-ring (bicyclic) bond motifs is 1. The number of aryl methyl sites for hydroxylation is 2. The Morgan fingerprint density at radius 1 is 1.00 bits per heavy atom. The molecule has 5 nitrogen and oxygen atoms in total. The molecule has 2 aromatic carbocycles. The summed E-state index contributed by atoms with van der Waals surface area (Å²) < 4.78 is 27.0. The maximum Gasteiger partial charge on any atom is 0.248 e. The lowest BCUT2D eigenvalue weighted by atomic mass is 10.1. The van der Waals surface area contributed by atoms with Gasteiger partial charge in [-0.25, -0.2) is 13.1 Å². The molecule has 2 aliphatic carbocycles. The zero-order valence-electron chi connectivity index (χ0n) is 14.9. The molecule has 140 valence electrons. The van der Waals surface area contributed by atoms with E-state index < -0.39 is 10.0 Å². The second-order valence-corrected chi connectivity index (χ2v) is 8.84. The number of carbonyl (C=O) groups excluding carboxylic acids is 1. The van der Waals surface area contributed by atoms with Crippen molar-refractivity contribution in [1.29, 1.82) is 0 Å². The molecule has 0 saturated heterocycles. The summed E-state index contributed by atoms with van der Waals surface area (Å²) in [5.74, 6) is -0.208. The molecule has 2 aromatic rings.